The average molecular weight is 180 g/mol. The number of hydrogen-bond donors (Lipinski definition) is 0. The van der Waals surface area contributed by atoms with Crippen molar-refractivity contribution in [2.75, 3.05) is 0 Å². The van der Waals surface area contributed by atoms with Gasteiger partial charge in [0.05, 0.1) is 11.8 Å². The van der Waals surface area contributed by atoms with Crippen molar-refractivity contribution in [1.29, 1.82) is 0 Å². The molecule has 4 nitrogen and oxygen atoms in total. The van der Waals surface area contributed by atoms with Crippen LogP contribution < -0.4 is 0 Å². The van der Waals surface area contributed by atoms with E-state index in [1.165, 1.54) is 0 Å². The summed E-state index contributed by atoms with van der Waals surface area (Å²) in [4.78, 5) is 22.8. The summed E-state index contributed by atoms with van der Waals surface area (Å²) in [7, 11) is 0. The zero-order valence-corrected chi connectivity index (χ0v) is 6.80. The molecule has 2 aliphatic carbocycles. The summed E-state index contributed by atoms with van der Waals surface area (Å²) in [5.74, 6) is -0.108. The maximum atomic E-state index is 11.4. The average Bonchev–Trinajstić information content (AvgIpc) is 2.67. The van der Waals surface area contributed by atoms with Crippen LogP contribution in [-0.4, -0.2) is 24.1 Å². The molecule has 4 aliphatic rings. The molecule has 4 fully saturated rings. The predicted molar refractivity (Wildman–Crippen MR) is 38.3 cm³/mol. The Morgan fingerprint density at radius 2 is 1.38 bits per heavy atom. The summed E-state index contributed by atoms with van der Waals surface area (Å²) in [6, 6.07) is 0. The number of carbonyl (C=O) groups excluding carboxylic acids is 2. The topological polar surface area (TPSA) is 52.6 Å². The number of rotatable bonds is 0. The minimum Gasteiger partial charge on any atom is -0.458 e. The summed E-state index contributed by atoms with van der Waals surface area (Å²) in [5.41, 5.74) is 0. The third-order valence-corrected chi connectivity index (χ3v) is 4.07. The number of carbonyl (C=O) groups is 2. The molecular formula is C9H8O4. The van der Waals surface area contributed by atoms with Crippen LogP contribution in [0.3, 0.4) is 0 Å². The van der Waals surface area contributed by atoms with Crippen molar-refractivity contribution < 1.29 is 19.1 Å². The summed E-state index contributed by atoms with van der Waals surface area (Å²) in [6.07, 6.45) is 0.734. The minimum atomic E-state index is -0.166. The lowest BCUT2D eigenvalue weighted by Gasteiger charge is -2.17. The molecule has 0 aromatic carbocycles. The monoisotopic (exact) mass is 180 g/mol. The van der Waals surface area contributed by atoms with Crippen LogP contribution in [-0.2, 0) is 19.1 Å². The van der Waals surface area contributed by atoms with Crippen molar-refractivity contribution in [3.8, 4) is 0 Å². The van der Waals surface area contributed by atoms with Gasteiger partial charge >= 0.3 is 11.9 Å². The molecule has 0 aromatic heterocycles. The van der Waals surface area contributed by atoms with Gasteiger partial charge in [-0.1, -0.05) is 0 Å². The highest BCUT2D eigenvalue weighted by atomic mass is 16.6. The molecule has 6 atom stereocenters. The van der Waals surface area contributed by atoms with Gasteiger partial charge in [0.25, 0.3) is 0 Å². The molecule has 2 bridgehead atoms. The molecule has 4 heteroatoms. The Balaban J connectivity index is 1.94. The van der Waals surface area contributed by atoms with Crippen molar-refractivity contribution in [1.82, 2.24) is 0 Å². The molecule has 0 spiro atoms. The van der Waals surface area contributed by atoms with Gasteiger partial charge < -0.3 is 9.47 Å². The number of esters is 2. The second-order valence-corrected chi connectivity index (χ2v) is 4.42. The van der Waals surface area contributed by atoms with E-state index in [4.69, 9.17) is 9.47 Å². The molecule has 13 heavy (non-hydrogen) atoms. The molecule has 0 radical (unpaired) electrons. The maximum Gasteiger partial charge on any atom is 0.310 e. The van der Waals surface area contributed by atoms with Crippen molar-refractivity contribution in [2.24, 2.45) is 23.7 Å². The largest absolute Gasteiger partial charge is 0.458 e. The van der Waals surface area contributed by atoms with Crippen molar-refractivity contribution >= 4 is 11.9 Å². The summed E-state index contributed by atoms with van der Waals surface area (Å²) < 4.78 is 10.4. The molecule has 2 saturated carbocycles. The third kappa shape index (κ3) is 0.474. The van der Waals surface area contributed by atoms with Crippen LogP contribution in [0, 0.1) is 23.7 Å². The molecule has 0 N–H and O–H groups in total. The fraction of sp³-hybridized carbons (Fsp3) is 0.778. The molecule has 4 rings (SSSR count). The van der Waals surface area contributed by atoms with Gasteiger partial charge in [-0.05, 0) is 6.42 Å². The lowest BCUT2D eigenvalue weighted by atomic mass is 9.81. The van der Waals surface area contributed by atoms with Crippen molar-refractivity contribution in [3.05, 3.63) is 0 Å². The highest BCUT2D eigenvalue weighted by molar-refractivity contribution is 5.88. The van der Waals surface area contributed by atoms with Gasteiger partial charge in [0.2, 0.25) is 0 Å². The van der Waals surface area contributed by atoms with Crippen LogP contribution in [0.15, 0.2) is 0 Å². The second-order valence-electron chi connectivity index (χ2n) is 4.42. The van der Waals surface area contributed by atoms with E-state index in [1.54, 1.807) is 0 Å². The predicted octanol–water partition coefficient (Wildman–Crippen LogP) is -0.281. The Labute approximate surface area is 74.2 Å². The van der Waals surface area contributed by atoms with Crippen LogP contribution in [0.25, 0.3) is 0 Å². The standard InChI is InChI=1S/C9H8O4/c10-8-4-2-1-3-5(4)9(11)13-7(3)6(2)12-8/h2-7H,1H2/t2-,3-,4-,5+,6-,7+/m1/s1. The smallest absolute Gasteiger partial charge is 0.310 e. The van der Waals surface area contributed by atoms with Crippen LogP contribution >= 0.6 is 0 Å². The summed E-state index contributed by atoms with van der Waals surface area (Å²) in [6.45, 7) is 0. The highest BCUT2D eigenvalue weighted by Crippen LogP contribution is 2.62. The Morgan fingerprint density at radius 1 is 0.923 bits per heavy atom. The molecule has 0 amide bonds. The third-order valence-electron chi connectivity index (χ3n) is 4.07. The summed E-state index contributed by atoms with van der Waals surface area (Å²) >= 11 is 0. The molecule has 0 unspecified atom stereocenters. The van der Waals surface area contributed by atoms with E-state index >= 15 is 0 Å². The van der Waals surface area contributed by atoms with Crippen LogP contribution in [0.2, 0.25) is 0 Å². The Kier molecular flexibility index (Phi) is 0.791. The minimum absolute atomic E-state index is 0.106. The van der Waals surface area contributed by atoms with E-state index in [0.717, 1.165) is 6.42 Å². The van der Waals surface area contributed by atoms with E-state index in [2.05, 4.69) is 0 Å². The first-order chi connectivity index (χ1) is 6.27. The van der Waals surface area contributed by atoms with Crippen molar-refractivity contribution in [2.45, 2.75) is 18.6 Å². The van der Waals surface area contributed by atoms with Crippen LogP contribution in [0.5, 0.6) is 0 Å². The highest BCUT2D eigenvalue weighted by Gasteiger charge is 2.73. The van der Waals surface area contributed by atoms with Crippen LogP contribution in [0.4, 0.5) is 0 Å². The summed E-state index contributed by atoms with van der Waals surface area (Å²) in [5, 5.41) is 0. The molecule has 0 aromatic rings. The Morgan fingerprint density at radius 3 is 1.85 bits per heavy atom. The molecule has 2 saturated heterocycles. The zero-order valence-electron chi connectivity index (χ0n) is 6.80. The number of hydrogen-bond acceptors (Lipinski definition) is 4. The number of fused-ring (bicyclic) bond motifs is 2. The quantitative estimate of drug-likeness (QED) is 0.481. The second kappa shape index (κ2) is 1.61. The Bertz CT molecular complexity index is 301. The normalized spacial score (nSPS) is 60.0. The van der Waals surface area contributed by atoms with Gasteiger partial charge in [-0.15, -0.1) is 0 Å². The van der Waals surface area contributed by atoms with Gasteiger partial charge in [0, 0.05) is 11.8 Å². The fourth-order valence-electron chi connectivity index (χ4n) is 3.68. The van der Waals surface area contributed by atoms with E-state index in [9.17, 15) is 9.59 Å². The first kappa shape index (κ1) is 6.40. The SMILES string of the molecule is O=C1O[C@@H]2[C@@H]3C[C@H]4[C@@H]2OC(=O)[C@@H]4[C@H]13. The van der Waals surface area contributed by atoms with Crippen LogP contribution in [0.1, 0.15) is 6.42 Å². The molecule has 2 heterocycles. The first-order valence-corrected chi connectivity index (χ1v) is 4.68. The van der Waals surface area contributed by atoms with E-state index < -0.39 is 0 Å². The molecular weight excluding hydrogens is 172 g/mol. The maximum absolute atomic E-state index is 11.4. The zero-order chi connectivity index (χ0) is 8.74. The number of ether oxygens (including phenoxy) is 2. The fourth-order valence-corrected chi connectivity index (χ4v) is 3.68. The molecule has 2 aliphatic heterocycles. The Hall–Kier alpha value is -1.06. The lowest BCUT2D eigenvalue weighted by Crippen LogP contribution is -2.31. The van der Waals surface area contributed by atoms with Crippen molar-refractivity contribution in [3.63, 3.8) is 0 Å². The van der Waals surface area contributed by atoms with E-state index in [0.29, 0.717) is 0 Å². The van der Waals surface area contributed by atoms with Gasteiger partial charge in [0.15, 0.2) is 0 Å². The lowest BCUT2D eigenvalue weighted by molar-refractivity contribution is -0.160. The van der Waals surface area contributed by atoms with E-state index in [-0.39, 0.29) is 47.8 Å². The van der Waals surface area contributed by atoms with Gasteiger partial charge in [-0.3, -0.25) is 9.59 Å². The first-order valence-electron chi connectivity index (χ1n) is 4.68. The van der Waals surface area contributed by atoms with E-state index in [1.807, 2.05) is 0 Å². The van der Waals surface area contributed by atoms with Gasteiger partial charge in [0.1, 0.15) is 12.2 Å². The molecule has 68 valence electrons. The van der Waals surface area contributed by atoms with Gasteiger partial charge in [-0.25, -0.2) is 0 Å². The van der Waals surface area contributed by atoms with Gasteiger partial charge in [-0.2, -0.15) is 0 Å².